The first-order valence-corrected chi connectivity index (χ1v) is 19.8. The van der Waals surface area contributed by atoms with Crippen LogP contribution >= 0.6 is 11.3 Å². The molecule has 9 aromatic rings. The first kappa shape index (κ1) is 33.5. The standard InChI is InChI=1S/C49H42N4OS/c1-30-22-31(2)48(32(3)23-30)52-29-51(41-15-8-9-16-42(41)52)34-12-11-13-35(25-34)54-36-18-19-37-39-28-46-40(38-14-7-10-17-45(38)55-46)27-44(39)53(43(37)26-36)47-24-33(20-21-50-47)49(4,5)6/h7-28H,29H2,1-6H3. The van der Waals surface area contributed by atoms with Gasteiger partial charge in [-0.3, -0.25) is 4.57 Å². The SMILES string of the molecule is Cc1cc(C)c(N2CN(c3cccc(Oc4ccc5c6cc7sc8ccccc8c7cc6n(-c6cc(C(C)(C)C)ccn6)c5c4)c3)c3ccccc32)c(C)c1. The first-order valence-electron chi connectivity index (χ1n) is 19.0. The highest BCUT2D eigenvalue weighted by Gasteiger charge is 2.30. The second kappa shape index (κ2) is 12.5. The second-order valence-electron chi connectivity index (χ2n) is 16.0. The lowest BCUT2D eigenvalue weighted by atomic mass is 9.88. The number of aryl methyl sites for hydroxylation is 3. The molecule has 6 heteroatoms. The quantitative estimate of drug-likeness (QED) is 0.176. The number of hydrogen-bond acceptors (Lipinski definition) is 5. The first-order chi connectivity index (χ1) is 26.6. The molecule has 0 aliphatic carbocycles. The van der Waals surface area contributed by atoms with E-state index in [4.69, 9.17) is 9.72 Å². The van der Waals surface area contributed by atoms with Gasteiger partial charge in [0.2, 0.25) is 0 Å². The summed E-state index contributed by atoms with van der Waals surface area (Å²) >= 11 is 1.85. The van der Waals surface area contributed by atoms with Gasteiger partial charge in [0, 0.05) is 60.6 Å². The van der Waals surface area contributed by atoms with Crippen molar-refractivity contribution in [2.24, 2.45) is 0 Å². The normalized spacial score (nSPS) is 13.1. The number of para-hydroxylation sites is 2. The topological polar surface area (TPSA) is 33.5 Å². The van der Waals surface area contributed by atoms with Crippen LogP contribution in [0.2, 0.25) is 0 Å². The number of benzene rings is 6. The average molecular weight is 735 g/mol. The molecule has 6 aromatic carbocycles. The molecule has 4 heterocycles. The lowest BCUT2D eigenvalue weighted by Crippen LogP contribution is -2.25. The maximum Gasteiger partial charge on any atom is 0.137 e. The van der Waals surface area contributed by atoms with Crippen molar-refractivity contribution in [3.8, 4) is 17.3 Å². The summed E-state index contributed by atoms with van der Waals surface area (Å²) in [5.41, 5.74) is 12.0. The van der Waals surface area contributed by atoms with E-state index in [0.717, 1.165) is 34.0 Å². The van der Waals surface area contributed by atoms with Crippen molar-refractivity contribution >= 4 is 76.1 Å². The summed E-state index contributed by atoms with van der Waals surface area (Å²) in [5.74, 6) is 2.47. The maximum absolute atomic E-state index is 6.75. The lowest BCUT2D eigenvalue weighted by Gasteiger charge is -2.25. The van der Waals surface area contributed by atoms with Crippen molar-refractivity contribution in [1.29, 1.82) is 0 Å². The summed E-state index contributed by atoms with van der Waals surface area (Å²) in [6, 6.07) is 46.0. The van der Waals surface area contributed by atoms with E-state index in [1.165, 1.54) is 70.3 Å². The molecule has 55 heavy (non-hydrogen) atoms. The Morgan fingerprint density at radius 2 is 1.33 bits per heavy atom. The van der Waals surface area contributed by atoms with Gasteiger partial charge in [-0.25, -0.2) is 4.98 Å². The molecule has 0 saturated carbocycles. The number of pyridine rings is 1. The van der Waals surface area contributed by atoms with E-state index < -0.39 is 0 Å². The number of thiophene rings is 1. The molecule has 0 atom stereocenters. The van der Waals surface area contributed by atoms with Gasteiger partial charge in [0.05, 0.1) is 22.4 Å². The zero-order chi connectivity index (χ0) is 37.6. The number of anilines is 4. The number of hydrogen-bond donors (Lipinski definition) is 0. The molecule has 0 N–H and O–H groups in total. The highest BCUT2D eigenvalue weighted by atomic mass is 32.1. The third-order valence-electron chi connectivity index (χ3n) is 11.1. The fourth-order valence-electron chi connectivity index (χ4n) is 8.61. The Hall–Kier alpha value is -6.11. The summed E-state index contributed by atoms with van der Waals surface area (Å²) in [6.07, 6.45) is 1.94. The summed E-state index contributed by atoms with van der Waals surface area (Å²) in [7, 11) is 0. The molecule has 0 unspecified atom stereocenters. The van der Waals surface area contributed by atoms with Gasteiger partial charge < -0.3 is 14.5 Å². The zero-order valence-corrected chi connectivity index (χ0v) is 32.8. The van der Waals surface area contributed by atoms with Crippen LogP contribution in [0.4, 0.5) is 22.7 Å². The van der Waals surface area contributed by atoms with E-state index >= 15 is 0 Å². The van der Waals surface area contributed by atoms with Crippen molar-refractivity contribution in [3.05, 3.63) is 156 Å². The fraction of sp³-hybridized carbons (Fsp3) is 0.163. The summed E-state index contributed by atoms with van der Waals surface area (Å²) in [6.45, 7) is 14.1. The molecule has 1 aliphatic rings. The molecule has 0 saturated heterocycles. The molecular weight excluding hydrogens is 693 g/mol. The van der Waals surface area contributed by atoms with Crippen LogP contribution in [-0.2, 0) is 5.41 Å². The second-order valence-corrected chi connectivity index (χ2v) is 17.0. The van der Waals surface area contributed by atoms with Gasteiger partial charge in [0.1, 0.15) is 24.0 Å². The minimum atomic E-state index is -0.0166. The molecular formula is C49H42N4OS. The van der Waals surface area contributed by atoms with Gasteiger partial charge in [0.15, 0.2) is 0 Å². The molecule has 5 nitrogen and oxygen atoms in total. The van der Waals surface area contributed by atoms with Crippen LogP contribution in [0.5, 0.6) is 11.5 Å². The Kier molecular flexibility index (Phi) is 7.59. The minimum absolute atomic E-state index is 0.0166. The molecule has 0 amide bonds. The van der Waals surface area contributed by atoms with Gasteiger partial charge in [-0.1, -0.05) is 74.9 Å². The molecule has 0 bridgehead atoms. The van der Waals surface area contributed by atoms with Crippen LogP contribution in [-0.4, -0.2) is 16.2 Å². The summed E-state index contributed by atoms with van der Waals surface area (Å²) in [5, 5.41) is 4.94. The molecule has 0 spiro atoms. The molecule has 0 radical (unpaired) electrons. The van der Waals surface area contributed by atoms with Crippen molar-refractivity contribution in [2.45, 2.75) is 47.0 Å². The van der Waals surface area contributed by atoms with Gasteiger partial charge in [0.25, 0.3) is 0 Å². The van der Waals surface area contributed by atoms with Gasteiger partial charge in [-0.2, -0.15) is 0 Å². The van der Waals surface area contributed by atoms with E-state index in [2.05, 4.69) is 177 Å². The lowest BCUT2D eigenvalue weighted by molar-refractivity contribution is 0.483. The Labute approximate surface area is 325 Å². The number of ether oxygens (including phenoxy) is 1. The van der Waals surface area contributed by atoms with Crippen LogP contribution in [0.1, 0.15) is 43.0 Å². The van der Waals surface area contributed by atoms with Crippen LogP contribution in [0.3, 0.4) is 0 Å². The molecule has 10 rings (SSSR count). The zero-order valence-electron chi connectivity index (χ0n) is 32.0. The number of rotatable bonds is 5. The molecule has 3 aromatic heterocycles. The predicted octanol–water partition coefficient (Wildman–Crippen LogP) is 13.8. The van der Waals surface area contributed by atoms with E-state index in [0.29, 0.717) is 6.67 Å². The monoisotopic (exact) mass is 734 g/mol. The van der Waals surface area contributed by atoms with E-state index in [1.807, 2.05) is 23.6 Å². The van der Waals surface area contributed by atoms with Crippen LogP contribution < -0.4 is 14.5 Å². The van der Waals surface area contributed by atoms with Gasteiger partial charge in [-0.05, 0) is 110 Å². The Morgan fingerprint density at radius 1 is 0.600 bits per heavy atom. The fourth-order valence-corrected chi connectivity index (χ4v) is 9.73. The van der Waals surface area contributed by atoms with Crippen molar-refractivity contribution in [3.63, 3.8) is 0 Å². The van der Waals surface area contributed by atoms with Gasteiger partial charge >= 0.3 is 0 Å². The van der Waals surface area contributed by atoms with E-state index in [-0.39, 0.29) is 5.41 Å². The Morgan fingerprint density at radius 3 is 2.13 bits per heavy atom. The summed E-state index contributed by atoms with van der Waals surface area (Å²) in [4.78, 5) is 9.79. The van der Waals surface area contributed by atoms with Crippen LogP contribution in [0.15, 0.2) is 134 Å². The Balaban J connectivity index is 1.07. The van der Waals surface area contributed by atoms with Crippen molar-refractivity contribution in [1.82, 2.24) is 9.55 Å². The van der Waals surface area contributed by atoms with Crippen molar-refractivity contribution < 1.29 is 4.74 Å². The number of fused-ring (bicyclic) bond motifs is 7. The van der Waals surface area contributed by atoms with E-state index in [9.17, 15) is 0 Å². The molecule has 0 fully saturated rings. The Bertz CT molecular complexity index is 2960. The smallest absolute Gasteiger partial charge is 0.137 e. The van der Waals surface area contributed by atoms with Gasteiger partial charge in [-0.15, -0.1) is 11.3 Å². The summed E-state index contributed by atoms with van der Waals surface area (Å²) < 4.78 is 11.7. The highest BCUT2D eigenvalue weighted by Crippen LogP contribution is 2.47. The van der Waals surface area contributed by atoms with Crippen LogP contribution in [0, 0.1) is 20.8 Å². The van der Waals surface area contributed by atoms with Crippen LogP contribution in [0.25, 0.3) is 47.8 Å². The highest BCUT2D eigenvalue weighted by molar-refractivity contribution is 7.25. The third kappa shape index (κ3) is 5.54. The maximum atomic E-state index is 6.75. The molecule has 270 valence electrons. The minimum Gasteiger partial charge on any atom is -0.457 e. The third-order valence-corrected chi connectivity index (χ3v) is 12.2. The predicted molar refractivity (Wildman–Crippen MR) is 233 cm³/mol. The largest absolute Gasteiger partial charge is 0.457 e. The number of nitrogens with zero attached hydrogens (tertiary/aromatic N) is 4. The van der Waals surface area contributed by atoms with E-state index in [1.54, 1.807) is 0 Å². The average Bonchev–Trinajstić information content (AvgIpc) is 3.83. The number of aromatic nitrogens is 2. The molecule has 1 aliphatic heterocycles. The van der Waals surface area contributed by atoms with Crippen molar-refractivity contribution in [2.75, 3.05) is 16.5 Å².